The highest BCUT2D eigenvalue weighted by Gasteiger charge is 2.18. The minimum Gasteiger partial charge on any atom is -0.342 e. The Balaban J connectivity index is 1.98. The molecule has 0 aliphatic carbocycles. The number of thioether (sulfide) groups is 1. The monoisotopic (exact) mass is 476 g/mol. The normalized spacial score (nSPS) is 11.2. The molecule has 2 heterocycles. The Morgan fingerprint density at radius 1 is 1.31 bits per heavy atom. The van der Waals surface area contributed by atoms with E-state index in [0.717, 1.165) is 35.2 Å². The summed E-state index contributed by atoms with van der Waals surface area (Å²) in [4.78, 5) is 19.2. The van der Waals surface area contributed by atoms with E-state index in [1.807, 2.05) is 43.0 Å². The van der Waals surface area contributed by atoms with Gasteiger partial charge < -0.3 is 4.90 Å². The first-order valence-corrected chi connectivity index (χ1v) is 11.4. The molecule has 29 heavy (non-hydrogen) atoms. The summed E-state index contributed by atoms with van der Waals surface area (Å²) in [6.07, 6.45) is 2.05. The number of amides is 1. The fourth-order valence-electron chi connectivity index (χ4n) is 3.08. The van der Waals surface area contributed by atoms with E-state index in [0.29, 0.717) is 28.2 Å². The van der Waals surface area contributed by atoms with E-state index in [1.165, 1.54) is 11.8 Å². The third-order valence-corrected chi connectivity index (χ3v) is 6.16. The highest BCUT2D eigenvalue weighted by molar-refractivity contribution is 9.10. The topological polar surface area (TPSA) is 90.7 Å². The maximum Gasteiger partial charge on any atom is 0.233 e. The van der Waals surface area contributed by atoms with Crippen molar-refractivity contribution in [1.82, 2.24) is 24.6 Å². The lowest BCUT2D eigenvalue weighted by atomic mass is 10.3. The van der Waals surface area contributed by atoms with Crippen molar-refractivity contribution in [2.45, 2.75) is 38.8 Å². The lowest BCUT2D eigenvalue weighted by molar-refractivity contribution is -0.128. The summed E-state index contributed by atoms with van der Waals surface area (Å²) >= 11 is 4.80. The molecule has 2 N–H and O–H groups in total. The average Bonchev–Trinajstić information content (AvgIpc) is 3.09. The zero-order chi connectivity index (χ0) is 21.0. The van der Waals surface area contributed by atoms with Gasteiger partial charge in [-0.05, 0) is 44.5 Å². The Morgan fingerprint density at radius 3 is 2.69 bits per heavy atom. The fourth-order valence-corrected chi connectivity index (χ4v) is 4.26. The molecule has 7 nitrogen and oxygen atoms in total. The molecule has 0 aliphatic rings. The Hall–Kier alpha value is -2.13. The van der Waals surface area contributed by atoms with Gasteiger partial charge in [0.1, 0.15) is 5.49 Å². The Kier molecular flexibility index (Phi) is 7.13. The second-order valence-corrected chi connectivity index (χ2v) is 8.58. The van der Waals surface area contributed by atoms with Gasteiger partial charge in [-0.25, -0.2) is 4.98 Å². The molecule has 0 bridgehead atoms. The van der Waals surface area contributed by atoms with E-state index in [1.54, 1.807) is 4.57 Å². The number of rotatable bonds is 8. The van der Waals surface area contributed by atoms with Gasteiger partial charge in [-0.1, -0.05) is 41.0 Å². The Morgan fingerprint density at radius 2 is 2.03 bits per heavy atom. The van der Waals surface area contributed by atoms with Gasteiger partial charge in [0.2, 0.25) is 5.91 Å². The number of fused-ring (bicyclic) bond motifs is 1. The third kappa shape index (κ3) is 4.72. The van der Waals surface area contributed by atoms with E-state index in [-0.39, 0.29) is 11.7 Å². The molecule has 0 aliphatic heterocycles. The van der Waals surface area contributed by atoms with Gasteiger partial charge in [0.15, 0.2) is 10.8 Å². The fraction of sp³-hybridized carbons (Fsp3) is 0.400. The number of carbonyl (C=O) groups is 1. The van der Waals surface area contributed by atoms with Crippen LogP contribution in [0.1, 0.15) is 32.4 Å². The minimum absolute atomic E-state index is 0.0833. The van der Waals surface area contributed by atoms with Crippen molar-refractivity contribution in [3.63, 3.8) is 0 Å². The summed E-state index contributed by atoms with van der Waals surface area (Å²) < 4.78 is 2.73. The molecule has 0 spiro atoms. The number of hydrogen-bond donors (Lipinski definition) is 2. The summed E-state index contributed by atoms with van der Waals surface area (Å²) in [6.45, 7) is 7.47. The molecule has 0 fully saturated rings. The summed E-state index contributed by atoms with van der Waals surface area (Å²) in [7, 11) is 0. The van der Waals surface area contributed by atoms with Gasteiger partial charge in [0.25, 0.3) is 0 Å². The molecular weight excluding hydrogens is 452 g/mol. The molecule has 3 aromatic rings. The number of benzene rings is 1. The van der Waals surface area contributed by atoms with Crippen LogP contribution < -0.4 is 5.49 Å². The summed E-state index contributed by atoms with van der Waals surface area (Å²) in [5.74, 6) is 0.357. The van der Waals surface area contributed by atoms with Crippen LogP contribution in [-0.2, 0) is 4.79 Å². The summed E-state index contributed by atoms with van der Waals surface area (Å²) in [5.41, 5.74) is 2.42. The summed E-state index contributed by atoms with van der Waals surface area (Å²) in [6, 6.07) is 7.71. The number of aromatic nitrogens is 4. The van der Waals surface area contributed by atoms with Crippen molar-refractivity contribution in [3.05, 3.63) is 39.9 Å². The van der Waals surface area contributed by atoms with Gasteiger partial charge in [0, 0.05) is 28.9 Å². The quantitative estimate of drug-likeness (QED) is 0.379. The molecule has 0 atom stereocenters. The number of nitrogens with zero attached hydrogens (tertiary/aromatic N) is 4. The van der Waals surface area contributed by atoms with Crippen LogP contribution in [0.15, 0.2) is 33.9 Å². The minimum atomic E-state index is 0.0833. The first-order valence-electron chi connectivity index (χ1n) is 9.65. The van der Waals surface area contributed by atoms with Gasteiger partial charge in [-0.3, -0.25) is 19.9 Å². The van der Waals surface area contributed by atoms with Crippen molar-refractivity contribution in [1.29, 1.82) is 5.41 Å². The van der Waals surface area contributed by atoms with Crippen LogP contribution in [0, 0.1) is 12.3 Å². The van der Waals surface area contributed by atoms with E-state index in [9.17, 15) is 4.79 Å². The molecular formula is C20H25BrN6OS. The number of aromatic amines is 1. The molecule has 9 heteroatoms. The first kappa shape index (κ1) is 21.6. The molecule has 2 aromatic heterocycles. The van der Waals surface area contributed by atoms with Crippen molar-refractivity contribution in [2.24, 2.45) is 0 Å². The zero-order valence-corrected chi connectivity index (χ0v) is 19.2. The predicted octanol–water partition coefficient (Wildman–Crippen LogP) is 4.04. The van der Waals surface area contributed by atoms with E-state index < -0.39 is 0 Å². The molecule has 0 saturated heterocycles. The number of aryl methyl sites for hydroxylation is 1. The van der Waals surface area contributed by atoms with Crippen LogP contribution >= 0.6 is 27.7 Å². The number of halogens is 1. The maximum absolute atomic E-state index is 12.7. The van der Waals surface area contributed by atoms with Crippen LogP contribution in [0.5, 0.6) is 0 Å². The second-order valence-electron chi connectivity index (χ2n) is 6.72. The van der Waals surface area contributed by atoms with Gasteiger partial charge >= 0.3 is 0 Å². The molecule has 3 rings (SSSR count). The number of H-pyrrole nitrogens is 1. The summed E-state index contributed by atoms with van der Waals surface area (Å²) in [5, 5.41) is 17.2. The van der Waals surface area contributed by atoms with E-state index in [4.69, 9.17) is 5.41 Å². The van der Waals surface area contributed by atoms with Gasteiger partial charge in [0.05, 0.1) is 11.1 Å². The van der Waals surface area contributed by atoms with Crippen molar-refractivity contribution in [2.75, 3.05) is 18.8 Å². The largest absolute Gasteiger partial charge is 0.342 e. The molecule has 154 valence electrons. The van der Waals surface area contributed by atoms with Crippen LogP contribution in [0.25, 0.3) is 16.7 Å². The Bertz CT molecular complexity index is 1060. The van der Waals surface area contributed by atoms with E-state index in [2.05, 4.69) is 38.0 Å². The second kappa shape index (κ2) is 9.58. The van der Waals surface area contributed by atoms with Gasteiger partial charge in [-0.2, -0.15) is 5.10 Å². The number of nitrogens with one attached hydrogen (secondary N) is 2. The van der Waals surface area contributed by atoms with Crippen molar-refractivity contribution >= 4 is 44.6 Å². The molecule has 0 radical (unpaired) electrons. The van der Waals surface area contributed by atoms with Crippen molar-refractivity contribution in [3.8, 4) is 5.69 Å². The smallest absolute Gasteiger partial charge is 0.233 e. The lowest BCUT2D eigenvalue weighted by Crippen LogP contribution is -2.33. The van der Waals surface area contributed by atoms with Crippen molar-refractivity contribution < 1.29 is 4.79 Å². The molecule has 1 amide bonds. The average molecular weight is 477 g/mol. The zero-order valence-electron chi connectivity index (χ0n) is 16.8. The maximum atomic E-state index is 12.7. The van der Waals surface area contributed by atoms with Crippen LogP contribution in [-0.4, -0.2) is 49.4 Å². The Labute approximate surface area is 182 Å². The molecule has 0 saturated carbocycles. The van der Waals surface area contributed by atoms with Gasteiger partial charge in [-0.15, -0.1) is 0 Å². The SMILES string of the molecule is CCCCN(CC)C(=O)CSc1nc2n[nH]c(C)c2c(=N)n1-c1ccc(Br)cc1. The van der Waals surface area contributed by atoms with Crippen LogP contribution in [0.3, 0.4) is 0 Å². The van der Waals surface area contributed by atoms with E-state index >= 15 is 0 Å². The molecule has 1 aromatic carbocycles. The lowest BCUT2D eigenvalue weighted by Gasteiger charge is -2.20. The number of hydrogen-bond acceptors (Lipinski definition) is 5. The molecule has 0 unspecified atom stereocenters. The standard InChI is InChI=1S/C20H25BrN6OS/c1-4-6-11-26(5-2)16(28)12-29-20-23-19-17(13(3)24-25-19)18(22)27(20)15-9-7-14(21)8-10-15/h7-10,22H,4-6,11-12H2,1-3H3,(H,24,25). The first-order chi connectivity index (χ1) is 14.0. The highest BCUT2D eigenvalue weighted by Crippen LogP contribution is 2.23. The highest BCUT2D eigenvalue weighted by atomic mass is 79.9. The van der Waals surface area contributed by atoms with Crippen LogP contribution in [0.2, 0.25) is 0 Å². The number of carbonyl (C=O) groups excluding carboxylic acids is 1. The third-order valence-electron chi connectivity index (χ3n) is 4.71. The predicted molar refractivity (Wildman–Crippen MR) is 119 cm³/mol. The van der Waals surface area contributed by atoms with Crippen LogP contribution in [0.4, 0.5) is 0 Å². The number of unbranched alkanes of at least 4 members (excludes halogenated alkanes) is 1.